The number of nitrogens with zero attached hydrogens (tertiary/aromatic N) is 2. The predicted molar refractivity (Wildman–Crippen MR) is 221 cm³/mol. The molecule has 8 rings (SSSR count). The van der Waals surface area contributed by atoms with Crippen LogP contribution in [0.1, 0.15) is 0 Å². The summed E-state index contributed by atoms with van der Waals surface area (Å²) in [5.74, 6) is 1.38. The van der Waals surface area contributed by atoms with Crippen molar-refractivity contribution in [2.75, 3.05) is 10.6 Å². The normalized spacial score (nSPS) is 18.5. The van der Waals surface area contributed by atoms with Gasteiger partial charge in [0.25, 0.3) is 0 Å². The van der Waals surface area contributed by atoms with Gasteiger partial charge >= 0.3 is 59.1 Å². The minimum atomic E-state index is -5.29. The van der Waals surface area contributed by atoms with Gasteiger partial charge < -0.3 is 39.8 Å². The van der Waals surface area contributed by atoms with Gasteiger partial charge in [0.05, 0.1) is 22.5 Å². The maximum absolute atomic E-state index is 12.7. The first-order chi connectivity index (χ1) is 27.6. The van der Waals surface area contributed by atoms with Gasteiger partial charge in [-0.05, 0) is 70.1 Å². The maximum atomic E-state index is 12.7. The van der Waals surface area contributed by atoms with Crippen molar-refractivity contribution in [2.24, 2.45) is 9.98 Å². The first kappa shape index (κ1) is 45.4. The second-order valence-corrected chi connectivity index (χ2v) is 16.8. The van der Waals surface area contributed by atoms with Gasteiger partial charge in [-0.3, -0.25) is 0 Å². The molecule has 0 aromatic heterocycles. The minimum absolute atomic E-state index is 0. The molecule has 2 aliphatic heterocycles. The fourth-order valence-corrected chi connectivity index (χ4v) is 8.27. The average molecular weight is 902 g/mol. The molecular weight excluding hydrogens is 873 g/mol. The molecule has 2 unspecified atom stereocenters. The van der Waals surface area contributed by atoms with Crippen molar-refractivity contribution >= 4 is 89.0 Å². The monoisotopic (exact) mass is 900 g/mol. The van der Waals surface area contributed by atoms with Crippen LogP contribution in [0.3, 0.4) is 0 Å². The van der Waals surface area contributed by atoms with Gasteiger partial charge in [-0.2, -0.15) is 0 Å². The molecule has 0 amide bonds. The van der Waals surface area contributed by atoms with Crippen LogP contribution < -0.4 is 89.9 Å². The van der Waals surface area contributed by atoms with E-state index in [1.54, 1.807) is 12.1 Å². The zero-order chi connectivity index (χ0) is 40.7. The molecular formula is C40H28Cl2N6Na2O8S2. The second kappa shape index (κ2) is 18.1. The summed E-state index contributed by atoms with van der Waals surface area (Å²) in [6.45, 7) is 0. The standard InChI is InChI=1S/C40H30Cl2N6O8S2.2Na/c41-39(21-37(43-23-45-39)55-31-13-9-25-5-1-3-7-27(25)17-31)47-29-11-15-33(35(19-29)57(49,50)51)34-16-12-30(20-36(34)58(52,53)54)48-40(42)22-38(44-24-46-40)56-32-14-10-26-6-2-4-8-28(26)18-32;;/h1-24,47-48H,(H,43,45)(H,44,46)(H,49,50,51)(H,52,53,54);;/q;2*+1/p-2. The number of hydrogen-bond donors (Lipinski definition) is 4. The number of benzene rings is 6. The van der Waals surface area contributed by atoms with E-state index in [0.29, 0.717) is 11.5 Å². The van der Waals surface area contributed by atoms with Crippen LogP contribution in [0.2, 0.25) is 0 Å². The molecule has 4 N–H and O–H groups in total. The summed E-state index contributed by atoms with van der Waals surface area (Å²) in [5, 5.41) is 11.9. The number of fused-ring (bicyclic) bond motifs is 2. The predicted octanol–water partition coefficient (Wildman–Crippen LogP) is 1.19. The molecule has 294 valence electrons. The summed E-state index contributed by atoms with van der Waals surface area (Å²) in [7, 11) is -10.6. The molecule has 14 nitrogen and oxygen atoms in total. The van der Waals surface area contributed by atoms with Gasteiger partial charge in [0.2, 0.25) is 10.2 Å². The van der Waals surface area contributed by atoms with Crippen molar-refractivity contribution in [3.8, 4) is 22.6 Å². The fourth-order valence-electron chi connectivity index (χ4n) is 6.32. The van der Waals surface area contributed by atoms with Gasteiger partial charge in [0.1, 0.15) is 31.7 Å². The SMILES string of the molecule is O=S(=O)([O-])c1cc(NC2(Cl)C=C(Oc3ccc4ccccc4c3)NC=N2)ccc1-c1ccc(NC2(Cl)C=C(Oc3ccc4ccccc4c3)NC=N2)cc1S(=O)(=O)[O-].[Na+].[Na+]. The molecule has 0 spiro atoms. The van der Waals surface area contributed by atoms with E-state index in [1.807, 2.05) is 72.8 Å². The molecule has 6 aromatic carbocycles. The van der Waals surface area contributed by atoms with E-state index in [9.17, 15) is 25.9 Å². The van der Waals surface area contributed by atoms with Gasteiger partial charge in [0, 0.05) is 34.7 Å². The topological polar surface area (TPSA) is 206 Å². The number of hydrogen-bond acceptors (Lipinski definition) is 14. The fraction of sp³-hybridized carbons (Fsp3) is 0.0500. The molecule has 2 atom stereocenters. The minimum Gasteiger partial charge on any atom is -0.744 e. The molecule has 0 saturated carbocycles. The Morgan fingerprint density at radius 1 is 0.533 bits per heavy atom. The summed E-state index contributed by atoms with van der Waals surface area (Å²) >= 11 is 13.5. The van der Waals surface area contributed by atoms with E-state index in [-0.39, 0.29) is 93.4 Å². The van der Waals surface area contributed by atoms with Crippen LogP contribution >= 0.6 is 23.2 Å². The number of anilines is 2. The van der Waals surface area contributed by atoms with Crippen LogP contribution in [0.25, 0.3) is 32.7 Å². The van der Waals surface area contributed by atoms with Gasteiger partial charge in [0.15, 0.2) is 11.8 Å². The quantitative estimate of drug-likeness (QED) is 0.0627. The second-order valence-electron chi connectivity index (χ2n) is 13.0. The molecule has 20 heteroatoms. The van der Waals surface area contributed by atoms with Crippen LogP contribution in [0.4, 0.5) is 11.4 Å². The zero-order valence-electron chi connectivity index (χ0n) is 31.6. The molecule has 0 aliphatic carbocycles. The molecule has 0 fully saturated rings. The Bertz CT molecular complexity index is 2790. The Labute approximate surface area is 398 Å². The number of ether oxygens (including phenoxy) is 2. The van der Waals surface area contributed by atoms with E-state index >= 15 is 0 Å². The largest absolute Gasteiger partial charge is 1.00 e. The summed E-state index contributed by atoms with van der Waals surface area (Å²) in [6, 6.07) is 33.4. The zero-order valence-corrected chi connectivity index (χ0v) is 38.7. The van der Waals surface area contributed by atoms with Gasteiger partial charge in [-0.15, -0.1) is 0 Å². The number of aliphatic imine (C=N–C) groups is 2. The Morgan fingerprint density at radius 2 is 0.917 bits per heavy atom. The third-order valence-electron chi connectivity index (χ3n) is 8.89. The van der Waals surface area contributed by atoms with Crippen molar-refractivity contribution in [3.05, 3.63) is 145 Å². The summed E-state index contributed by atoms with van der Waals surface area (Å²) < 4.78 is 88.0. The number of nitrogens with one attached hydrogen (secondary N) is 4. The van der Waals surface area contributed by atoms with Crippen LogP contribution in [0.15, 0.2) is 165 Å². The van der Waals surface area contributed by atoms with Gasteiger partial charge in [-0.1, -0.05) is 96.0 Å². The van der Waals surface area contributed by atoms with E-state index in [0.717, 1.165) is 33.7 Å². The van der Waals surface area contributed by atoms with Crippen LogP contribution in [0, 0.1) is 0 Å². The van der Waals surface area contributed by atoms with Crippen LogP contribution in [-0.2, 0) is 20.2 Å². The van der Waals surface area contributed by atoms with E-state index < -0.39 is 40.3 Å². The van der Waals surface area contributed by atoms with Crippen molar-refractivity contribution < 1.29 is 94.5 Å². The van der Waals surface area contributed by atoms with E-state index in [1.165, 1.54) is 49.1 Å². The molecule has 6 aromatic rings. The molecule has 0 saturated heterocycles. The number of alkyl halides is 2. The van der Waals surface area contributed by atoms with Crippen molar-refractivity contribution in [3.63, 3.8) is 0 Å². The number of halogens is 2. The molecule has 2 heterocycles. The molecule has 2 aliphatic rings. The van der Waals surface area contributed by atoms with E-state index in [2.05, 4.69) is 31.3 Å². The summed E-state index contributed by atoms with van der Waals surface area (Å²) in [6.07, 6.45) is 5.32. The Balaban J connectivity index is 0.00000302. The summed E-state index contributed by atoms with van der Waals surface area (Å²) in [4.78, 5) is 6.69. The van der Waals surface area contributed by atoms with Crippen LogP contribution in [0.5, 0.6) is 11.5 Å². The number of rotatable bonds is 11. The smallest absolute Gasteiger partial charge is 0.744 e. The maximum Gasteiger partial charge on any atom is 1.00 e. The Kier molecular flexibility index (Phi) is 13.7. The van der Waals surface area contributed by atoms with Crippen LogP contribution in [-0.4, -0.2) is 48.9 Å². The van der Waals surface area contributed by atoms with E-state index in [4.69, 9.17) is 32.7 Å². The Hall–Kier alpha value is -4.14. The molecule has 0 bridgehead atoms. The molecule has 60 heavy (non-hydrogen) atoms. The van der Waals surface area contributed by atoms with Crippen molar-refractivity contribution in [2.45, 2.75) is 20.0 Å². The Morgan fingerprint density at radius 3 is 1.30 bits per heavy atom. The first-order valence-corrected chi connectivity index (χ1v) is 20.7. The average Bonchev–Trinajstić information content (AvgIpc) is 3.17. The van der Waals surface area contributed by atoms with Crippen molar-refractivity contribution in [1.29, 1.82) is 0 Å². The summed E-state index contributed by atoms with van der Waals surface area (Å²) in [5.41, 5.74) is -0.693. The third kappa shape index (κ3) is 10.5. The van der Waals surface area contributed by atoms with Crippen molar-refractivity contribution in [1.82, 2.24) is 10.6 Å². The third-order valence-corrected chi connectivity index (χ3v) is 11.2. The first-order valence-electron chi connectivity index (χ1n) is 17.2. The molecule has 0 radical (unpaired) electrons. The van der Waals surface area contributed by atoms with Gasteiger partial charge in [-0.25, -0.2) is 26.8 Å².